The number of hydrogen-bond acceptors (Lipinski definition) is 4. The Kier molecular flexibility index (Phi) is 4.77. The van der Waals surface area contributed by atoms with E-state index in [1.807, 2.05) is 39.0 Å². The molecule has 0 atom stereocenters. The van der Waals surface area contributed by atoms with Crippen LogP contribution in [0.1, 0.15) is 25.0 Å². The lowest BCUT2D eigenvalue weighted by Crippen LogP contribution is -2.15. The van der Waals surface area contributed by atoms with Crippen molar-refractivity contribution in [2.24, 2.45) is 5.10 Å². The summed E-state index contributed by atoms with van der Waals surface area (Å²) in [5.41, 5.74) is 9.59. The van der Waals surface area contributed by atoms with Gasteiger partial charge in [-0.25, -0.2) is 5.01 Å². The number of hydrazone groups is 1. The third-order valence-corrected chi connectivity index (χ3v) is 2.57. The smallest absolute Gasteiger partial charge is 0.202 e. The maximum atomic E-state index is 5.95. The van der Waals surface area contributed by atoms with E-state index in [2.05, 4.69) is 11.7 Å². The number of benzene rings is 1. The molecule has 4 nitrogen and oxygen atoms in total. The van der Waals surface area contributed by atoms with Gasteiger partial charge >= 0.3 is 0 Å². The number of anilines is 1. The van der Waals surface area contributed by atoms with Gasteiger partial charge in [0.25, 0.3) is 0 Å². The highest BCUT2D eigenvalue weighted by molar-refractivity contribution is 6.03. The summed E-state index contributed by atoms with van der Waals surface area (Å²) < 4.78 is 5.29. The van der Waals surface area contributed by atoms with Crippen LogP contribution in [0.4, 0.5) is 5.69 Å². The molecule has 4 heteroatoms. The van der Waals surface area contributed by atoms with Crippen LogP contribution in [0.3, 0.4) is 0 Å². The molecule has 0 aliphatic carbocycles. The zero-order chi connectivity index (χ0) is 13.7. The highest BCUT2D eigenvalue weighted by Gasteiger charge is 2.06. The van der Waals surface area contributed by atoms with Crippen LogP contribution in [-0.4, -0.2) is 24.4 Å². The summed E-state index contributed by atoms with van der Waals surface area (Å²) in [4.78, 5) is 0. The third-order valence-electron chi connectivity index (χ3n) is 2.57. The molecule has 18 heavy (non-hydrogen) atoms. The van der Waals surface area contributed by atoms with E-state index < -0.39 is 0 Å². The zero-order valence-electron chi connectivity index (χ0n) is 11.5. The van der Waals surface area contributed by atoms with E-state index in [0.29, 0.717) is 12.5 Å². The van der Waals surface area contributed by atoms with Crippen LogP contribution < -0.4 is 5.73 Å². The number of rotatable bonds is 5. The highest BCUT2D eigenvalue weighted by atomic mass is 16.5. The molecule has 0 saturated heterocycles. The monoisotopic (exact) mass is 247 g/mol. The average molecular weight is 247 g/mol. The summed E-state index contributed by atoms with van der Waals surface area (Å²) in [6.45, 7) is 10.2. The Balaban J connectivity index is 2.95. The van der Waals surface area contributed by atoms with Crippen molar-refractivity contribution in [3.05, 3.63) is 41.8 Å². The van der Waals surface area contributed by atoms with Crippen molar-refractivity contribution in [2.45, 2.75) is 20.8 Å². The first kappa shape index (κ1) is 14.1. The van der Waals surface area contributed by atoms with Crippen LogP contribution in [0.5, 0.6) is 0 Å². The molecule has 0 bridgehead atoms. The molecule has 1 rings (SSSR count). The summed E-state index contributed by atoms with van der Waals surface area (Å²) >= 11 is 0. The van der Waals surface area contributed by atoms with Crippen LogP contribution in [-0.2, 0) is 4.74 Å². The largest absolute Gasteiger partial charge is 0.479 e. The van der Waals surface area contributed by atoms with Gasteiger partial charge in [0, 0.05) is 18.3 Å². The lowest BCUT2D eigenvalue weighted by molar-refractivity contribution is 0.142. The summed E-state index contributed by atoms with van der Waals surface area (Å²) in [5, 5.41) is 6.02. The van der Waals surface area contributed by atoms with Crippen LogP contribution in [0.2, 0.25) is 0 Å². The van der Waals surface area contributed by atoms with Gasteiger partial charge < -0.3 is 10.5 Å². The molecule has 0 amide bonds. The number of nitrogen functional groups attached to an aromatic ring is 1. The SMILES string of the molecule is C=C(OCC)N(C)/N=C(\C)c1cc(C)ccc1N. The number of ether oxygens (including phenoxy) is 1. The van der Waals surface area contributed by atoms with Crippen LogP contribution >= 0.6 is 0 Å². The average Bonchev–Trinajstić information content (AvgIpc) is 2.32. The van der Waals surface area contributed by atoms with Crippen molar-refractivity contribution in [3.63, 3.8) is 0 Å². The van der Waals surface area contributed by atoms with Gasteiger partial charge in [-0.3, -0.25) is 0 Å². The van der Waals surface area contributed by atoms with E-state index in [4.69, 9.17) is 10.5 Å². The normalized spacial score (nSPS) is 11.2. The maximum Gasteiger partial charge on any atom is 0.202 e. The third kappa shape index (κ3) is 3.52. The second-order valence-corrected chi connectivity index (χ2v) is 4.13. The highest BCUT2D eigenvalue weighted by Crippen LogP contribution is 2.15. The van der Waals surface area contributed by atoms with E-state index in [1.54, 1.807) is 12.1 Å². The quantitative estimate of drug-likeness (QED) is 0.377. The molecule has 0 saturated carbocycles. The number of aryl methyl sites for hydroxylation is 1. The minimum atomic E-state index is 0.517. The molecular formula is C14H21N3O. The minimum Gasteiger partial charge on any atom is -0.479 e. The van der Waals surface area contributed by atoms with Crippen molar-refractivity contribution in [3.8, 4) is 0 Å². The molecule has 0 radical (unpaired) electrons. The Labute approximate surface area is 109 Å². The topological polar surface area (TPSA) is 50.8 Å². The first-order valence-corrected chi connectivity index (χ1v) is 5.92. The molecule has 0 fully saturated rings. The van der Waals surface area contributed by atoms with Gasteiger partial charge in [-0.15, -0.1) is 0 Å². The molecule has 0 aliphatic heterocycles. The molecule has 0 unspecified atom stereocenters. The lowest BCUT2D eigenvalue weighted by Gasteiger charge is -2.17. The second kappa shape index (κ2) is 6.10. The summed E-state index contributed by atoms with van der Waals surface area (Å²) in [6, 6.07) is 5.89. The molecule has 0 aromatic heterocycles. The van der Waals surface area contributed by atoms with Crippen molar-refractivity contribution in [2.75, 3.05) is 19.4 Å². The molecule has 2 N–H and O–H groups in total. The van der Waals surface area contributed by atoms with Crippen molar-refractivity contribution >= 4 is 11.4 Å². The van der Waals surface area contributed by atoms with Gasteiger partial charge in [-0.05, 0) is 39.5 Å². The fraction of sp³-hybridized carbons (Fsp3) is 0.357. The molecule has 98 valence electrons. The van der Waals surface area contributed by atoms with Gasteiger partial charge in [-0.1, -0.05) is 11.6 Å². The predicted octanol–water partition coefficient (Wildman–Crippen LogP) is 2.74. The Morgan fingerprint density at radius 1 is 1.50 bits per heavy atom. The van der Waals surface area contributed by atoms with Gasteiger partial charge in [0.1, 0.15) is 0 Å². The van der Waals surface area contributed by atoms with Crippen molar-refractivity contribution in [1.82, 2.24) is 5.01 Å². The molecule has 1 aromatic rings. The Morgan fingerprint density at radius 2 is 2.17 bits per heavy atom. The summed E-state index contributed by atoms with van der Waals surface area (Å²) in [5.74, 6) is 0.517. The molecule has 1 aromatic carbocycles. The molecule has 0 spiro atoms. The van der Waals surface area contributed by atoms with E-state index in [1.165, 1.54) is 0 Å². The van der Waals surface area contributed by atoms with Crippen LogP contribution in [0.15, 0.2) is 35.8 Å². The fourth-order valence-corrected chi connectivity index (χ4v) is 1.58. The number of nitrogens with zero attached hydrogens (tertiary/aromatic N) is 2. The van der Waals surface area contributed by atoms with E-state index in [-0.39, 0.29) is 0 Å². The Hall–Kier alpha value is -1.97. The second-order valence-electron chi connectivity index (χ2n) is 4.13. The van der Waals surface area contributed by atoms with Gasteiger partial charge in [-0.2, -0.15) is 5.10 Å². The summed E-state index contributed by atoms with van der Waals surface area (Å²) in [6.07, 6.45) is 0. The van der Waals surface area contributed by atoms with E-state index in [9.17, 15) is 0 Å². The van der Waals surface area contributed by atoms with Crippen molar-refractivity contribution in [1.29, 1.82) is 0 Å². The van der Waals surface area contributed by atoms with Crippen molar-refractivity contribution < 1.29 is 4.74 Å². The maximum absolute atomic E-state index is 5.95. The zero-order valence-corrected chi connectivity index (χ0v) is 11.5. The van der Waals surface area contributed by atoms with Crippen LogP contribution in [0.25, 0.3) is 0 Å². The first-order chi connectivity index (χ1) is 8.45. The molecule has 0 heterocycles. The molecule has 0 aliphatic rings. The standard InChI is InChI=1S/C14H21N3O/c1-6-18-12(4)17(5)16-11(3)13-9-10(2)7-8-14(13)15/h7-9H,4,6,15H2,1-3,5H3/b16-11+. The summed E-state index contributed by atoms with van der Waals surface area (Å²) in [7, 11) is 1.80. The van der Waals surface area contributed by atoms with Gasteiger partial charge in [0.2, 0.25) is 5.88 Å². The van der Waals surface area contributed by atoms with E-state index >= 15 is 0 Å². The first-order valence-electron chi connectivity index (χ1n) is 5.92. The van der Waals surface area contributed by atoms with Gasteiger partial charge in [0.15, 0.2) is 0 Å². The van der Waals surface area contributed by atoms with E-state index in [0.717, 1.165) is 22.5 Å². The minimum absolute atomic E-state index is 0.517. The number of nitrogens with two attached hydrogens (primary N) is 1. The Bertz CT molecular complexity index is 466. The predicted molar refractivity (Wildman–Crippen MR) is 76.3 cm³/mol. The Morgan fingerprint density at radius 3 is 2.78 bits per heavy atom. The number of hydrogen-bond donors (Lipinski definition) is 1. The lowest BCUT2D eigenvalue weighted by atomic mass is 10.1. The van der Waals surface area contributed by atoms with Gasteiger partial charge in [0.05, 0.1) is 12.3 Å². The molecular weight excluding hydrogens is 226 g/mol. The fourth-order valence-electron chi connectivity index (χ4n) is 1.58. The van der Waals surface area contributed by atoms with Crippen LogP contribution in [0, 0.1) is 6.92 Å².